The van der Waals surface area contributed by atoms with Gasteiger partial charge < -0.3 is 10.2 Å². The Labute approximate surface area is 161 Å². The molecule has 3 aromatic rings. The van der Waals surface area contributed by atoms with Gasteiger partial charge in [0.15, 0.2) is 0 Å². The maximum atomic E-state index is 11.3. The lowest BCUT2D eigenvalue weighted by Gasteiger charge is -2.20. The minimum Gasteiger partial charge on any atom is -0.326 e. The maximum absolute atomic E-state index is 11.3. The van der Waals surface area contributed by atoms with Crippen LogP contribution in [0, 0.1) is 0 Å². The van der Waals surface area contributed by atoms with Gasteiger partial charge >= 0.3 is 0 Å². The number of anilines is 1. The molecule has 0 aliphatic heterocycles. The van der Waals surface area contributed by atoms with Crippen molar-refractivity contribution in [2.75, 3.05) is 19.4 Å². The summed E-state index contributed by atoms with van der Waals surface area (Å²) in [4.78, 5) is 13.5. The van der Waals surface area contributed by atoms with E-state index in [1.165, 1.54) is 23.6 Å². The molecule has 0 saturated carbocycles. The number of benzene rings is 3. The summed E-state index contributed by atoms with van der Waals surface area (Å²) in [5.41, 5.74) is 6.75. The highest BCUT2D eigenvalue weighted by molar-refractivity contribution is 5.89. The molecule has 0 aliphatic carbocycles. The number of hydrogen-bond donors (Lipinski definition) is 1. The number of hydrogen-bond acceptors (Lipinski definition) is 2. The van der Waals surface area contributed by atoms with E-state index in [0.29, 0.717) is 6.04 Å². The fourth-order valence-corrected chi connectivity index (χ4v) is 3.09. The van der Waals surface area contributed by atoms with Crippen LogP contribution in [0.1, 0.15) is 25.5 Å². The van der Waals surface area contributed by atoms with Gasteiger partial charge in [-0.25, -0.2) is 0 Å². The third kappa shape index (κ3) is 4.63. The van der Waals surface area contributed by atoms with Crippen LogP contribution in [0.2, 0.25) is 0 Å². The first-order valence-electron chi connectivity index (χ1n) is 9.19. The average Bonchev–Trinajstić information content (AvgIpc) is 2.67. The van der Waals surface area contributed by atoms with Crippen LogP contribution >= 0.6 is 0 Å². The van der Waals surface area contributed by atoms with Crippen molar-refractivity contribution in [3.05, 3.63) is 78.4 Å². The summed E-state index contributed by atoms with van der Waals surface area (Å²) in [7, 11) is 4.19. The predicted octanol–water partition coefficient (Wildman–Crippen LogP) is 5.60. The van der Waals surface area contributed by atoms with Gasteiger partial charge in [-0.2, -0.15) is 0 Å². The van der Waals surface area contributed by atoms with Gasteiger partial charge in [0.1, 0.15) is 0 Å². The quantitative estimate of drug-likeness (QED) is 0.644. The van der Waals surface area contributed by atoms with E-state index in [1.54, 1.807) is 0 Å². The zero-order valence-electron chi connectivity index (χ0n) is 16.4. The average molecular weight is 358 g/mol. The van der Waals surface area contributed by atoms with Gasteiger partial charge in [-0.1, -0.05) is 60.7 Å². The Kier molecular flexibility index (Phi) is 5.72. The normalized spacial score (nSPS) is 12.0. The van der Waals surface area contributed by atoms with E-state index in [2.05, 4.69) is 85.8 Å². The number of rotatable bonds is 5. The van der Waals surface area contributed by atoms with Gasteiger partial charge in [0.25, 0.3) is 0 Å². The van der Waals surface area contributed by atoms with Gasteiger partial charge in [-0.15, -0.1) is 0 Å². The van der Waals surface area contributed by atoms with Crippen molar-refractivity contribution in [1.82, 2.24) is 4.90 Å². The van der Waals surface area contributed by atoms with Crippen molar-refractivity contribution in [2.45, 2.75) is 19.9 Å². The molecule has 27 heavy (non-hydrogen) atoms. The molecule has 1 N–H and O–H groups in total. The van der Waals surface area contributed by atoms with Crippen LogP contribution in [0.3, 0.4) is 0 Å². The van der Waals surface area contributed by atoms with Gasteiger partial charge in [-0.05, 0) is 61.0 Å². The summed E-state index contributed by atoms with van der Waals surface area (Å²) in [6.45, 7) is 3.73. The number of amides is 1. The Morgan fingerprint density at radius 3 is 1.85 bits per heavy atom. The standard InChI is InChI=1S/C24H26N2O/c1-17(26(3)4)19-8-10-20(11-9-19)21-12-14-22(15-13-21)23-6-5-7-24(16-23)25-18(2)27/h5-17H,1-4H3,(H,25,27). The van der Waals surface area contributed by atoms with Crippen molar-refractivity contribution in [2.24, 2.45) is 0 Å². The Balaban J connectivity index is 1.80. The van der Waals surface area contributed by atoms with E-state index in [9.17, 15) is 4.79 Å². The molecule has 1 amide bonds. The Morgan fingerprint density at radius 2 is 1.33 bits per heavy atom. The van der Waals surface area contributed by atoms with Gasteiger partial charge in [0.2, 0.25) is 5.91 Å². The second-order valence-corrected chi connectivity index (χ2v) is 7.10. The smallest absolute Gasteiger partial charge is 0.221 e. The first-order valence-corrected chi connectivity index (χ1v) is 9.19. The maximum Gasteiger partial charge on any atom is 0.221 e. The van der Waals surface area contributed by atoms with Crippen molar-refractivity contribution in [1.29, 1.82) is 0 Å². The van der Waals surface area contributed by atoms with Crippen LogP contribution in [0.25, 0.3) is 22.3 Å². The molecule has 1 atom stereocenters. The molecule has 0 aromatic heterocycles. The SMILES string of the molecule is CC(=O)Nc1cccc(-c2ccc(-c3ccc(C(C)N(C)C)cc3)cc2)c1. The molecule has 3 rings (SSSR count). The zero-order chi connectivity index (χ0) is 19.4. The highest BCUT2D eigenvalue weighted by atomic mass is 16.1. The molecular formula is C24H26N2O. The number of carbonyl (C=O) groups is 1. The molecule has 1 unspecified atom stereocenters. The van der Waals surface area contributed by atoms with Crippen LogP contribution in [0.5, 0.6) is 0 Å². The first kappa shape index (κ1) is 18.9. The molecule has 3 nitrogen and oxygen atoms in total. The van der Waals surface area contributed by atoms with Gasteiger partial charge in [0, 0.05) is 18.7 Å². The van der Waals surface area contributed by atoms with Gasteiger partial charge in [-0.3, -0.25) is 4.79 Å². The molecule has 0 spiro atoms. The third-order valence-electron chi connectivity index (χ3n) is 4.90. The van der Waals surface area contributed by atoms with Crippen LogP contribution in [-0.2, 0) is 4.79 Å². The van der Waals surface area contributed by atoms with Crippen molar-refractivity contribution >= 4 is 11.6 Å². The third-order valence-corrected chi connectivity index (χ3v) is 4.90. The molecule has 0 fully saturated rings. The van der Waals surface area contributed by atoms with E-state index in [0.717, 1.165) is 16.8 Å². The largest absolute Gasteiger partial charge is 0.326 e. The Morgan fingerprint density at radius 1 is 0.815 bits per heavy atom. The molecule has 138 valence electrons. The fraction of sp³-hybridized carbons (Fsp3) is 0.208. The van der Waals surface area contributed by atoms with Crippen LogP contribution in [0.4, 0.5) is 5.69 Å². The van der Waals surface area contributed by atoms with Crippen molar-refractivity contribution < 1.29 is 4.79 Å². The zero-order valence-corrected chi connectivity index (χ0v) is 16.4. The van der Waals surface area contributed by atoms with Crippen molar-refractivity contribution in [3.8, 4) is 22.3 Å². The van der Waals surface area contributed by atoms with Crippen LogP contribution in [0.15, 0.2) is 72.8 Å². The number of nitrogens with one attached hydrogen (secondary N) is 1. The molecular weight excluding hydrogens is 332 g/mol. The lowest BCUT2D eigenvalue weighted by molar-refractivity contribution is -0.114. The summed E-state index contributed by atoms with van der Waals surface area (Å²) in [5.74, 6) is -0.0606. The molecule has 0 aliphatic rings. The minimum absolute atomic E-state index is 0.0606. The highest BCUT2D eigenvalue weighted by Crippen LogP contribution is 2.28. The van der Waals surface area contributed by atoms with E-state index in [-0.39, 0.29) is 5.91 Å². The Hall–Kier alpha value is -2.91. The monoisotopic (exact) mass is 358 g/mol. The molecule has 0 saturated heterocycles. The second kappa shape index (κ2) is 8.19. The van der Waals surface area contributed by atoms with Gasteiger partial charge in [0.05, 0.1) is 0 Å². The topological polar surface area (TPSA) is 32.3 Å². The molecule has 3 heteroatoms. The molecule has 0 bridgehead atoms. The van der Waals surface area contributed by atoms with E-state index < -0.39 is 0 Å². The van der Waals surface area contributed by atoms with E-state index >= 15 is 0 Å². The molecule has 3 aromatic carbocycles. The fourth-order valence-electron chi connectivity index (χ4n) is 3.09. The van der Waals surface area contributed by atoms with Crippen molar-refractivity contribution in [3.63, 3.8) is 0 Å². The summed E-state index contributed by atoms with van der Waals surface area (Å²) < 4.78 is 0. The summed E-state index contributed by atoms with van der Waals surface area (Å²) >= 11 is 0. The summed E-state index contributed by atoms with van der Waals surface area (Å²) in [6, 6.07) is 25.6. The minimum atomic E-state index is -0.0606. The summed E-state index contributed by atoms with van der Waals surface area (Å²) in [5, 5.41) is 2.83. The van der Waals surface area contributed by atoms with E-state index in [4.69, 9.17) is 0 Å². The molecule has 0 radical (unpaired) electrons. The lowest BCUT2D eigenvalue weighted by Crippen LogP contribution is -2.16. The first-order chi connectivity index (χ1) is 12.9. The molecule has 0 heterocycles. The van der Waals surface area contributed by atoms with Crippen LogP contribution < -0.4 is 5.32 Å². The number of carbonyl (C=O) groups excluding carboxylic acids is 1. The predicted molar refractivity (Wildman–Crippen MR) is 114 cm³/mol. The highest BCUT2D eigenvalue weighted by Gasteiger charge is 2.08. The second-order valence-electron chi connectivity index (χ2n) is 7.10. The lowest BCUT2D eigenvalue weighted by atomic mass is 9.98. The summed E-state index contributed by atoms with van der Waals surface area (Å²) in [6.07, 6.45) is 0. The van der Waals surface area contributed by atoms with Crippen LogP contribution in [-0.4, -0.2) is 24.9 Å². The van der Waals surface area contributed by atoms with E-state index in [1.807, 2.05) is 18.2 Å². The number of nitrogens with zero attached hydrogens (tertiary/aromatic N) is 1. The Bertz CT molecular complexity index is 912.